The molecule has 1 fully saturated rings. The number of likely N-dealkylation sites (N-methyl/N-ethyl adjacent to an activating group) is 1. The predicted octanol–water partition coefficient (Wildman–Crippen LogP) is 3.02. The normalized spacial score (nSPS) is 18.3. The van der Waals surface area contributed by atoms with Crippen molar-refractivity contribution in [1.82, 2.24) is 9.91 Å². The van der Waals surface area contributed by atoms with Crippen molar-refractivity contribution >= 4 is 23.8 Å². The van der Waals surface area contributed by atoms with Crippen molar-refractivity contribution in [2.24, 2.45) is 11.0 Å². The zero-order valence-electron chi connectivity index (χ0n) is 19.8. The Hall–Kier alpha value is -3.39. The molecule has 2 heterocycles. The molecule has 1 N–H and O–H groups in total. The van der Waals surface area contributed by atoms with Crippen molar-refractivity contribution < 1.29 is 19.1 Å². The first-order chi connectivity index (χ1) is 16.5. The van der Waals surface area contributed by atoms with E-state index in [1.165, 1.54) is 0 Å². The lowest BCUT2D eigenvalue weighted by Gasteiger charge is -2.30. The van der Waals surface area contributed by atoms with Gasteiger partial charge in [0.25, 0.3) is 5.91 Å². The number of benzene rings is 2. The summed E-state index contributed by atoms with van der Waals surface area (Å²) in [7, 11) is 2.12. The van der Waals surface area contributed by atoms with Gasteiger partial charge in [0.15, 0.2) is 0 Å². The molecule has 4 rings (SSSR count). The number of esters is 1. The molecule has 2 aromatic carbocycles. The van der Waals surface area contributed by atoms with Gasteiger partial charge in [-0.25, -0.2) is 0 Å². The van der Waals surface area contributed by atoms with Crippen molar-refractivity contribution in [3.05, 3.63) is 59.2 Å². The number of anilines is 1. The molecule has 8 heteroatoms. The molecule has 180 valence electrons. The quantitative estimate of drug-likeness (QED) is 0.501. The minimum absolute atomic E-state index is 0.0875. The Kier molecular flexibility index (Phi) is 7.80. The standard InChI is InChI=1S/C26H32N4O4/c1-3-33-25(31)15-20-14-21-6-7-22(16-24(21)34-18-20)26(32)28-23-8-4-19(5-9-23)17-27-30-12-10-29(2)11-13-30/h4-9,16-17,20H,3,10-15,18H2,1-2H3,(H,28,32)/b27-17+. The van der Waals surface area contributed by atoms with E-state index in [0.717, 1.165) is 49.4 Å². The summed E-state index contributed by atoms with van der Waals surface area (Å²) in [4.78, 5) is 26.8. The molecule has 2 aliphatic heterocycles. The molecule has 1 unspecified atom stereocenters. The third kappa shape index (κ3) is 6.35. The smallest absolute Gasteiger partial charge is 0.306 e. The number of ether oxygens (including phenoxy) is 2. The summed E-state index contributed by atoms with van der Waals surface area (Å²) in [5, 5.41) is 9.56. The molecule has 0 bridgehead atoms. The topological polar surface area (TPSA) is 83.5 Å². The number of nitrogens with one attached hydrogen (secondary N) is 1. The largest absolute Gasteiger partial charge is 0.493 e. The fourth-order valence-corrected chi connectivity index (χ4v) is 4.08. The fraction of sp³-hybridized carbons (Fsp3) is 0.423. The van der Waals surface area contributed by atoms with E-state index in [9.17, 15) is 9.59 Å². The number of carbonyl (C=O) groups excluding carboxylic acids is 2. The second-order valence-corrected chi connectivity index (χ2v) is 8.79. The second kappa shape index (κ2) is 11.2. The minimum Gasteiger partial charge on any atom is -0.493 e. The van der Waals surface area contributed by atoms with Crippen LogP contribution in [0.3, 0.4) is 0 Å². The van der Waals surface area contributed by atoms with Crippen LogP contribution < -0.4 is 10.1 Å². The van der Waals surface area contributed by atoms with Gasteiger partial charge in [0, 0.05) is 43.3 Å². The van der Waals surface area contributed by atoms with Crippen LogP contribution in [0, 0.1) is 5.92 Å². The third-order valence-corrected chi connectivity index (χ3v) is 6.09. The number of carbonyl (C=O) groups is 2. The Morgan fingerprint density at radius 2 is 1.91 bits per heavy atom. The van der Waals surface area contributed by atoms with Crippen molar-refractivity contribution in [2.75, 3.05) is 51.8 Å². The van der Waals surface area contributed by atoms with Gasteiger partial charge in [0.1, 0.15) is 5.75 Å². The SMILES string of the molecule is CCOC(=O)CC1COc2cc(C(=O)Nc3ccc(/C=N/N4CCN(C)CC4)cc3)ccc2C1. The molecular formula is C26H32N4O4. The van der Waals surface area contributed by atoms with E-state index in [-0.39, 0.29) is 17.8 Å². The molecule has 0 aromatic heterocycles. The van der Waals surface area contributed by atoms with Crippen LogP contribution in [0.2, 0.25) is 0 Å². The summed E-state index contributed by atoms with van der Waals surface area (Å²) in [5.41, 5.74) is 3.23. The zero-order chi connectivity index (χ0) is 23.9. The molecule has 0 radical (unpaired) electrons. The first kappa shape index (κ1) is 23.8. The van der Waals surface area contributed by atoms with Gasteiger partial charge < -0.3 is 19.7 Å². The molecule has 0 aliphatic carbocycles. The van der Waals surface area contributed by atoms with Gasteiger partial charge in [-0.05, 0) is 55.8 Å². The lowest BCUT2D eigenvalue weighted by atomic mass is 9.93. The number of hydrogen-bond donors (Lipinski definition) is 1. The van der Waals surface area contributed by atoms with Gasteiger partial charge in [0.2, 0.25) is 0 Å². The maximum atomic E-state index is 12.8. The Morgan fingerprint density at radius 3 is 2.65 bits per heavy atom. The molecular weight excluding hydrogens is 432 g/mol. The molecule has 2 aliphatic rings. The molecule has 1 saturated heterocycles. The van der Waals surface area contributed by atoms with Crippen molar-refractivity contribution in [3.8, 4) is 5.75 Å². The Morgan fingerprint density at radius 1 is 1.15 bits per heavy atom. The van der Waals surface area contributed by atoms with Crippen LogP contribution >= 0.6 is 0 Å². The molecule has 1 atom stereocenters. The van der Waals surface area contributed by atoms with Crippen LogP contribution in [0.4, 0.5) is 5.69 Å². The number of nitrogens with zero attached hydrogens (tertiary/aromatic N) is 3. The number of amides is 1. The monoisotopic (exact) mass is 464 g/mol. The average Bonchev–Trinajstić information content (AvgIpc) is 2.84. The summed E-state index contributed by atoms with van der Waals surface area (Å²) in [6.07, 6.45) is 2.92. The summed E-state index contributed by atoms with van der Waals surface area (Å²) >= 11 is 0. The second-order valence-electron chi connectivity index (χ2n) is 8.79. The summed E-state index contributed by atoms with van der Waals surface area (Å²) in [5.74, 6) is 0.388. The van der Waals surface area contributed by atoms with E-state index in [1.807, 2.05) is 36.5 Å². The minimum atomic E-state index is -0.202. The van der Waals surface area contributed by atoms with Gasteiger partial charge in [-0.2, -0.15) is 5.10 Å². The maximum absolute atomic E-state index is 12.8. The zero-order valence-corrected chi connectivity index (χ0v) is 19.8. The van der Waals surface area contributed by atoms with E-state index in [4.69, 9.17) is 9.47 Å². The van der Waals surface area contributed by atoms with E-state index in [2.05, 4.69) is 27.4 Å². The lowest BCUT2D eigenvalue weighted by Crippen LogP contribution is -2.41. The summed E-state index contributed by atoms with van der Waals surface area (Å²) in [6.45, 7) is 6.52. The molecule has 8 nitrogen and oxygen atoms in total. The first-order valence-electron chi connectivity index (χ1n) is 11.8. The van der Waals surface area contributed by atoms with Crippen LogP contribution in [0.15, 0.2) is 47.6 Å². The van der Waals surface area contributed by atoms with E-state index in [0.29, 0.717) is 30.9 Å². The van der Waals surface area contributed by atoms with Gasteiger partial charge in [0.05, 0.1) is 25.8 Å². The molecule has 34 heavy (non-hydrogen) atoms. The lowest BCUT2D eigenvalue weighted by molar-refractivity contribution is -0.144. The highest BCUT2D eigenvalue weighted by atomic mass is 16.5. The fourth-order valence-electron chi connectivity index (χ4n) is 4.08. The third-order valence-electron chi connectivity index (χ3n) is 6.09. The van der Waals surface area contributed by atoms with Crippen molar-refractivity contribution in [3.63, 3.8) is 0 Å². The van der Waals surface area contributed by atoms with E-state index >= 15 is 0 Å². The van der Waals surface area contributed by atoms with Crippen LogP contribution in [0.25, 0.3) is 0 Å². The average molecular weight is 465 g/mol. The Labute approximate surface area is 200 Å². The summed E-state index contributed by atoms with van der Waals surface area (Å²) in [6, 6.07) is 13.1. The maximum Gasteiger partial charge on any atom is 0.306 e. The van der Waals surface area contributed by atoms with Crippen LogP contribution in [0.1, 0.15) is 34.8 Å². The Balaban J connectivity index is 1.31. The highest BCUT2D eigenvalue weighted by molar-refractivity contribution is 6.04. The van der Waals surface area contributed by atoms with Gasteiger partial charge in [-0.15, -0.1) is 0 Å². The van der Waals surface area contributed by atoms with Crippen LogP contribution in [-0.4, -0.2) is 74.4 Å². The highest BCUT2D eigenvalue weighted by Crippen LogP contribution is 2.30. The van der Waals surface area contributed by atoms with Crippen molar-refractivity contribution in [1.29, 1.82) is 0 Å². The molecule has 1 amide bonds. The highest BCUT2D eigenvalue weighted by Gasteiger charge is 2.24. The van der Waals surface area contributed by atoms with Gasteiger partial charge in [-0.1, -0.05) is 18.2 Å². The van der Waals surface area contributed by atoms with Crippen molar-refractivity contribution in [2.45, 2.75) is 19.8 Å². The number of piperazine rings is 1. The van der Waals surface area contributed by atoms with Gasteiger partial charge in [-0.3, -0.25) is 14.6 Å². The van der Waals surface area contributed by atoms with Gasteiger partial charge >= 0.3 is 5.97 Å². The predicted molar refractivity (Wildman–Crippen MR) is 131 cm³/mol. The van der Waals surface area contributed by atoms with Crippen LogP contribution in [-0.2, 0) is 16.0 Å². The molecule has 0 saturated carbocycles. The number of fused-ring (bicyclic) bond motifs is 1. The van der Waals surface area contributed by atoms with E-state index in [1.54, 1.807) is 19.1 Å². The number of rotatable bonds is 7. The number of hydrazone groups is 1. The molecule has 2 aromatic rings. The summed E-state index contributed by atoms with van der Waals surface area (Å²) < 4.78 is 10.9. The Bertz CT molecular complexity index is 1030. The number of hydrogen-bond acceptors (Lipinski definition) is 7. The van der Waals surface area contributed by atoms with E-state index < -0.39 is 0 Å². The van der Waals surface area contributed by atoms with Crippen LogP contribution in [0.5, 0.6) is 5.75 Å². The first-order valence-corrected chi connectivity index (χ1v) is 11.8. The molecule has 0 spiro atoms.